The summed E-state index contributed by atoms with van der Waals surface area (Å²) in [6, 6.07) is 9.20. The number of cyclic esters (lactones) is 1. The standard InChI is InChI=1S/C14H17NO4/c1-10(12-7-8-13(16)19-12)15-14(17)18-9-11-5-3-2-4-6-11/h2-6,10,12H,7-9H2,1H3,(H,15,17)/t10-,12+/m0/s1. The van der Waals surface area contributed by atoms with E-state index >= 15 is 0 Å². The Hall–Kier alpha value is -2.04. The molecule has 19 heavy (non-hydrogen) atoms. The molecule has 1 aromatic rings. The number of benzene rings is 1. The molecule has 2 atom stereocenters. The van der Waals surface area contributed by atoms with Crippen molar-refractivity contribution in [3.63, 3.8) is 0 Å². The van der Waals surface area contributed by atoms with Gasteiger partial charge < -0.3 is 14.8 Å². The summed E-state index contributed by atoms with van der Waals surface area (Å²) in [6.07, 6.45) is 0.297. The van der Waals surface area contributed by atoms with Crippen molar-refractivity contribution in [2.45, 2.75) is 38.5 Å². The van der Waals surface area contributed by atoms with Crippen molar-refractivity contribution < 1.29 is 19.1 Å². The van der Waals surface area contributed by atoms with E-state index in [1.165, 1.54) is 0 Å². The van der Waals surface area contributed by atoms with Crippen LogP contribution in [0.1, 0.15) is 25.3 Å². The van der Waals surface area contributed by atoms with Gasteiger partial charge in [0.25, 0.3) is 0 Å². The van der Waals surface area contributed by atoms with Crippen molar-refractivity contribution in [3.05, 3.63) is 35.9 Å². The first-order valence-corrected chi connectivity index (χ1v) is 6.32. The fraction of sp³-hybridized carbons (Fsp3) is 0.429. The Morgan fingerprint density at radius 3 is 2.84 bits per heavy atom. The average Bonchev–Trinajstić information content (AvgIpc) is 2.84. The van der Waals surface area contributed by atoms with Gasteiger partial charge in [0.1, 0.15) is 12.7 Å². The first-order valence-electron chi connectivity index (χ1n) is 6.32. The van der Waals surface area contributed by atoms with Crippen molar-refractivity contribution in [3.8, 4) is 0 Å². The zero-order valence-electron chi connectivity index (χ0n) is 10.8. The molecule has 0 radical (unpaired) electrons. The van der Waals surface area contributed by atoms with Gasteiger partial charge in [-0.15, -0.1) is 0 Å². The van der Waals surface area contributed by atoms with Crippen LogP contribution in [-0.4, -0.2) is 24.2 Å². The topological polar surface area (TPSA) is 64.6 Å². The van der Waals surface area contributed by atoms with E-state index in [0.717, 1.165) is 5.56 Å². The summed E-state index contributed by atoms with van der Waals surface area (Å²) in [7, 11) is 0. The van der Waals surface area contributed by atoms with Gasteiger partial charge in [-0.1, -0.05) is 30.3 Å². The Bertz CT molecular complexity index is 446. The molecule has 1 amide bonds. The quantitative estimate of drug-likeness (QED) is 0.844. The number of ether oxygens (including phenoxy) is 2. The van der Waals surface area contributed by atoms with Crippen LogP contribution in [-0.2, 0) is 20.9 Å². The maximum Gasteiger partial charge on any atom is 0.407 e. The third kappa shape index (κ3) is 3.98. The minimum atomic E-state index is -0.501. The number of amides is 1. The van der Waals surface area contributed by atoms with E-state index in [1.807, 2.05) is 30.3 Å². The lowest BCUT2D eigenvalue weighted by molar-refractivity contribution is -0.142. The summed E-state index contributed by atoms with van der Waals surface area (Å²) in [5.74, 6) is -0.212. The number of alkyl carbamates (subject to hydrolysis) is 1. The molecule has 2 rings (SSSR count). The van der Waals surface area contributed by atoms with Crippen LogP contribution in [0.3, 0.4) is 0 Å². The summed E-state index contributed by atoms with van der Waals surface area (Å²) in [5, 5.41) is 2.67. The molecule has 5 nitrogen and oxygen atoms in total. The SMILES string of the molecule is C[C@H](NC(=O)OCc1ccccc1)[C@H]1CCC(=O)O1. The van der Waals surface area contributed by atoms with Crippen molar-refractivity contribution >= 4 is 12.1 Å². The minimum absolute atomic E-state index is 0.212. The first-order chi connectivity index (χ1) is 9.15. The smallest absolute Gasteiger partial charge is 0.407 e. The van der Waals surface area contributed by atoms with Gasteiger partial charge in [-0.2, -0.15) is 0 Å². The van der Waals surface area contributed by atoms with Gasteiger partial charge >= 0.3 is 12.1 Å². The van der Waals surface area contributed by atoms with Crippen LogP contribution in [0.4, 0.5) is 4.79 Å². The van der Waals surface area contributed by atoms with Crippen LogP contribution in [0.25, 0.3) is 0 Å². The lowest BCUT2D eigenvalue weighted by Gasteiger charge is -2.19. The summed E-state index contributed by atoms with van der Waals surface area (Å²) in [5.41, 5.74) is 0.928. The fourth-order valence-electron chi connectivity index (χ4n) is 1.94. The minimum Gasteiger partial charge on any atom is -0.460 e. The lowest BCUT2D eigenvalue weighted by Crippen LogP contribution is -2.41. The van der Waals surface area contributed by atoms with Gasteiger partial charge in [-0.25, -0.2) is 4.79 Å². The maximum atomic E-state index is 11.6. The Kier molecular flexibility index (Phi) is 4.39. The second-order valence-corrected chi connectivity index (χ2v) is 4.56. The molecule has 1 aliphatic heterocycles. The molecular weight excluding hydrogens is 246 g/mol. The normalized spacial score (nSPS) is 19.6. The maximum absolute atomic E-state index is 11.6. The number of hydrogen-bond acceptors (Lipinski definition) is 4. The van der Waals surface area contributed by atoms with Crippen LogP contribution in [0.5, 0.6) is 0 Å². The largest absolute Gasteiger partial charge is 0.460 e. The highest BCUT2D eigenvalue weighted by molar-refractivity contribution is 5.72. The Labute approximate surface area is 111 Å². The van der Waals surface area contributed by atoms with E-state index < -0.39 is 6.09 Å². The van der Waals surface area contributed by atoms with Crippen molar-refractivity contribution in [1.29, 1.82) is 0 Å². The Balaban J connectivity index is 1.73. The van der Waals surface area contributed by atoms with Crippen LogP contribution in [0.2, 0.25) is 0 Å². The van der Waals surface area contributed by atoms with E-state index in [9.17, 15) is 9.59 Å². The van der Waals surface area contributed by atoms with Gasteiger partial charge in [-0.05, 0) is 18.9 Å². The van der Waals surface area contributed by atoms with E-state index in [0.29, 0.717) is 12.8 Å². The Morgan fingerprint density at radius 1 is 1.47 bits per heavy atom. The molecule has 1 saturated heterocycles. The number of esters is 1. The van der Waals surface area contributed by atoms with Crippen LogP contribution < -0.4 is 5.32 Å². The molecule has 0 unspecified atom stereocenters. The van der Waals surface area contributed by atoms with Crippen LogP contribution in [0.15, 0.2) is 30.3 Å². The third-order valence-corrected chi connectivity index (χ3v) is 3.03. The summed E-state index contributed by atoms with van der Waals surface area (Å²) >= 11 is 0. The second kappa shape index (κ2) is 6.22. The summed E-state index contributed by atoms with van der Waals surface area (Å²) < 4.78 is 10.2. The lowest BCUT2D eigenvalue weighted by atomic mass is 10.1. The average molecular weight is 263 g/mol. The highest BCUT2D eigenvalue weighted by atomic mass is 16.6. The number of hydrogen-bond donors (Lipinski definition) is 1. The number of carbonyl (C=O) groups is 2. The third-order valence-electron chi connectivity index (χ3n) is 3.03. The van der Waals surface area contributed by atoms with Crippen molar-refractivity contribution in [2.75, 3.05) is 0 Å². The van der Waals surface area contributed by atoms with Gasteiger partial charge in [0, 0.05) is 6.42 Å². The molecule has 1 heterocycles. The van der Waals surface area contributed by atoms with E-state index in [1.54, 1.807) is 6.92 Å². The van der Waals surface area contributed by atoms with Gasteiger partial charge in [0.05, 0.1) is 6.04 Å². The first kappa shape index (κ1) is 13.4. The van der Waals surface area contributed by atoms with E-state index in [-0.39, 0.29) is 24.7 Å². The van der Waals surface area contributed by atoms with Gasteiger partial charge in [0.15, 0.2) is 0 Å². The molecule has 1 aromatic carbocycles. The molecule has 0 bridgehead atoms. The molecule has 102 valence electrons. The van der Waals surface area contributed by atoms with E-state index in [4.69, 9.17) is 9.47 Å². The molecule has 1 fully saturated rings. The van der Waals surface area contributed by atoms with Crippen LogP contribution in [0, 0.1) is 0 Å². The van der Waals surface area contributed by atoms with Gasteiger partial charge in [0.2, 0.25) is 0 Å². The molecule has 0 aromatic heterocycles. The highest BCUT2D eigenvalue weighted by Crippen LogP contribution is 2.16. The number of carbonyl (C=O) groups excluding carboxylic acids is 2. The Morgan fingerprint density at radius 2 is 2.21 bits per heavy atom. The summed E-state index contributed by atoms with van der Waals surface area (Å²) in [4.78, 5) is 22.6. The predicted molar refractivity (Wildman–Crippen MR) is 68.3 cm³/mol. The van der Waals surface area contributed by atoms with Gasteiger partial charge in [-0.3, -0.25) is 4.79 Å². The zero-order chi connectivity index (χ0) is 13.7. The summed E-state index contributed by atoms with van der Waals surface area (Å²) in [6.45, 7) is 2.02. The molecule has 0 aliphatic carbocycles. The predicted octanol–water partition coefficient (Wildman–Crippen LogP) is 2.01. The fourth-order valence-corrected chi connectivity index (χ4v) is 1.94. The molecular formula is C14H17NO4. The molecule has 5 heteroatoms. The molecule has 1 aliphatic rings. The second-order valence-electron chi connectivity index (χ2n) is 4.56. The number of rotatable bonds is 4. The zero-order valence-corrected chi connectivity index (χ0v) is 10.8. The molecule has 0 saturated carbocycles. The number of nitrogens with one attached hydrogen (secondary N) is 1. The van der Waals surface area contributed by atoms with Crippen LogP contribution >= 0.6 is 0 Å². The molecule has 1 N–H and O–H groups in total. The van der Waals surface area contributed by atoms with Crippen molar-refractivity contribution in [1.82, 2.24) is 5.32 Å². The van der Waals surface area contributed by atoms with E-state index in [2.05, 4.69) is 5.32 Å². The molecule has 0 spiro atoms. The highest BCUT2D eigenvalue weighted by Gasteiger charge is 2.29. The van der Waals surface area contributed by atoms with Crippen molar-refractivity contribution in [2.24, 2.45) is 0 Å². The monoisotopic (exact) mass is 263 g/mol.